The fourth-order valence-corrected chi connectivity index (χ4v) is 7.60. The van der Waals surface area contributed by atoms with Crippen LogP contribution in [-0.4, -0.2) is 0 Å². The van der Waals surface area contributed by atoms with Gasteiger partial charge in [-0.2, -0.15) is 0 Å². The highest BCUT2D eigenvalue weighted by Crippen LogP contribution is 2.40. The van der Waals surface area contributed by atoms with Crippen LogP contribution in [0, 0.1) is 0 Å². The van der Waals surface area contributed by atoms with Crippen LogP contribution in [0.25, 0.3) is 97.3 Å². The van der Waals surface area contributed by atoms with Crippen LogP contribution >= 0.6 is 0 Å². The highest BCUT2D eigenvalue weighted by molar-refractivity contribution is 6.26. The van der Waals surface area contributed by atoms with E-state index in [0.29, 0.717) is 0 Å². The van der Waals surface area contributed by atoms with Gasteiger partial charge in [0.25, 0.3) is 0 Å². The summed E-state index contributed by atoms with van der Waals surface area (Å²) in [6.07, 6.45) is 0. The predicted octanol–water partition coefficient (Wildman–Crippen LogP) is 12.6. The first-order valence-electron chi connectivity index (χ1n) is 15.3. The van der Waals surface area contributed by atoms with Gasteiger partial charge in [-0.1, -0.05) is 115 Å². The molecule has 0 aromatic heterocycles. The second-order valence-corrected chi connectivity index (χ2v) is 12.1. The van der Waals surface area contributed by atoms with Gasteiger partial charge in [-0.05, 0) is 140 Å². The van der Waals surface area contributed by atoms with Crippen molar-refractivity contribution < 1.29 is 0 Å². The van der Waals surface area contributed by atoms with E-state index < -0.39 is 0 Å². The summed E-state index contributed by atoms with van der Waals surface area (Å²) in [6, 6.07) is 58.8. The Bertz CT molecular complexity index is 2780. The van der Waals surface area contributed by atoms with Crippen molar-refractivity contribution in [2.75, 3.05) is 0 Å². The molecule has 0 spiro atoms. The molecule has 0 radical (unpaired) electrons. The van der Waals surface area contributed by atoms with Crippen LogP contribution < -0.4 is 0 Å². The zero-order valence-corrected chi connectivity index (χ0v) is 24.0. The standard InChI is InChI=1S/C44H26/c1-2-9-28-21-34-25-41-31(23-33(34)20-27(28)8-1)17-16-30-22-29-10-7-15-35(42(29)26-43(30)41)32-18-19-40-38-13-4-3-11-36(38)37-12-5-6-14-39(37)44(40)24-32/h1-26H. The molecule has 44 heavy (non-hydrogen) atoms. The summed E-state index contributed by atoms with van der Waals surface area (Å²) in [5.41, 5.74) is 2.52. The normalized spacial score (nSPS) is 12.1. The molecule has 0 fully saturated rings. The van der Waals surface area contributed by atoms with E-state index >= 15 is 0 Å². The zero-order valence-electron chi connectivity index (χ0n) is 24.0. The molecule has 0 nitrogen and oxygen atoms in total. The van der Waals surface area contributed by atoms with Crippen molar-refractivity contribution in [2.24, 2.45) is 0 Å². The van der Waals surface area contributed by atoms with E-state index in [2.05, 4.69) is 158 Å². The summed E-state index contributed by atoms with van der Waals surface area (Å²) >= 11 is 0. The second kappa shape index (κ2) is 8.89. The first-order valence-corrected chi connectivity index (χ1v) is 15.3. The van der Waals surface area contributed by atoms with Crippen LogP contribution in [-0.2, 0) is 0 Å². The third kappa shape index (κ3) is 3.40. The summed E-state index contributed by atoms with van der Waals surface area (Å²) in [4.78, 5) is 0. The van der Waals surface area contributed by atoms with E-state index in [4.69, 9.17) is 0 Å². The maximum atomic E-state index is 2.43. The summed E-state index contributed by atoms with van der Waals surface area (Å²) in [7, 11) is 0. The van der Waals surface area contributed by atoms with Crippen molar-refractivity contribution in [2.45, 2.75) is 0 Å². The maximum absolute atomic E-state index is 2.43. The molecule has 0 amide bonds. The minimum absolute atomic E-state index is 1.25. The van der Waals surface area contributed by atoms with Crippen molar-refractivity contribution in [3.63, 3.8) is 0 Å². The van der Waals surface area contributed by atoms with Crippen LogP contribution in [0.1, 0.15) is 0 Å². The second-order valence-electron chi connectivity index (χ2n) is 12.1. The Labute approximate surface area is 254 Å². The predicted molar refractivity (Wildman–Crippen MR) is 192 cm³/mol. The zero-order chi connectivity index (χ0) is 28.8. The Morgan fingerprint density at radius 2 is 0.682 bits per heavy atom. The lowest BCUT2D eigenvalue weighted by molar-refractivity contribution is 1.71. The Kier molecular flexibility index (Phi) is 4.81. The van der Waals surface area contributed by atoms with Gasteiger partial charge in [0.15, 0.2) is 0 Å². The molecule has 10 rings (SSSR count). The van der Waals surface area contributed by atoms with E-state index in [1.165, 1.54) is 97.3 Å². The molecule has 0 aliphatic rings. The quantitative estimate of drug-likeness (QED) is 0.140. The summed E-state index contributed by atoms with van der Waals surface area (Å²) in [5, 5.41) is 20.7. The number of hydrogen-bond acceptors (Lipinski definition) is 0. The number of hydrogen-bond donors (Lipinski definition) is 0. The third-order valence-electron chi connectivity index (χ3n) is 9.71. The van der Waals surface area contributed by atoms with Crippen LogP contribution in [0.4, 0.5) is 0 Å². The van der Waals surface area contributed by atoms with Crippen molar-refractivity contribution >= 4 is 86.2 Å². The fourth-order valence-electron chi connectivity index (χ4n) is 7.60. The molecule has 10 aromatic carbocycles. The molecule has 0 atom stereocenters. The molecular weight excluding hydrogens is 528 g/mol. The molecule has 0 heteroatoms. The van der Waals surface area contributed by atoms with Gasteiger partial charge in [-0.3, -0.25) is 0 Å². The van der Waals surface area contributed by atoms with Gasteiger partial charge in [0.1, 0.15) is 0 Å². The number of benzene rings is 10. The van der Waals surface area contributed by atoms with E-state index in [1.54, 1.807) is 0 Å². The number of fused-ring (bicyclic) bond motifs is 12. The van der Waals surface area contributed by atoms with E-state index in [9.17, 15) is 0 Å². The Hall–Kier alpha value is -5.72. The van der Waals surface area contributed by atoms with Gasteiger partial charge in [0.05, 0.1) is 0 Å². The van der Waals surface area contributed by atoms with Gasteiger partial charge >= 0.3 is 0 Å². The van der Waals surface area contributed by atoms with Crippen LogP contribution in [0.15, 0.2) is 158 Å². The SMILES string of the molecule is c1ccc2cc3cc4c(ccc5cc6cccc(-c7ccc8c9ccccc9c9ccccc9c8c7)c6cc54)cc3cc2c1. The molecular formula is C44H26. The highest BCUT2D eigenvalue weighted by Gasteiger charge is 2.12. The van der Waals surface area contributed by atoms with Crippen LogP contribution in [0.5, 0.6) is 0 Å². The highest BCUT2D eigenvalue weighted by atomic mass is 14.2. The Morgan fingerprint density at radius 1 is 0.205 bits per heavy atom. The first-order chi connectivity index (χ1) is 21.8. The lowest BCUT2D eigenvalue weighted by atomic mass is 9.89. The van der Waals surface area contributed by atoms with Crippen molar-refractivity contribution in [1.29, 1.82) is 0 Å². The average Bonchev–Trinajstić information content (AvgIpc) is 3.08. The van der Waals surface area contributed by atoms with E-state index in [0.717, 1.165) is 0 Å². The molecule has 0 heterocycles. The molecule has 0 saturated carbocycles. The summed E-state index contributed by atoms with van der Waals surface area (Å²) in [5.74, 6) is 0. The van der Waals surface area contributed by atoms with Gasteiger partial charge in [-0.15, -0.1) is 0 Å². The Balaban J connectivity index is 1.25. The topological polar surface area (TPSA) is 0 Å². The smallest absolute Gasteiger partial charge is 0.00928 e. The van der Waals surface area contributed by atoms with E-state index in [-0.39, 0.29) is 0 Å². The van der Waals surface area contributed by atoms with Gasteiger partial charge in [-0.25, -0.2) is 0 Å². The fraction of sp³-hybridized carbons (Fsp3) is 0. The number of rotatable bonds is 1. The average molecular weight is 555 g/mol. The summed E-state index contributed by atoms with van der Waals surface area (Å²) in [6.45, 7) is 0. The van der Waals surface area contributed by atoms with Crippen molar-refractivity contribution in [3.8, 4) is 11.1 Å². The lowest BCUT2D eigenvalue weighted by Crippen LogP contribution is -1.87. The molecule has 0 unspecified atom stereocenters. The van der Waals surface area contributed by atoms with Gasteiger partial charge in [0, 0.05) is 0 Å². The van der Waals surface area contributed by atoms with Crippen molar-refractivity contribution in [3.05, 3.63) is 158 Å². The molecule has 0 aliphatic heterocycles. The largest absolute Gasteiger partial charge is 0.0616 e. The lowest BCUT2D eigenvalue weighted by Gasteiger charge is -2.14. The van der Waals surface area contributed by atoms with Crippen LogP contribution in [0.3, 0.4) is 0 Å². The van der Waals surface area contributed by atoms with Gasteiger partial charge < -0.3 is 0 Å². The minimum Gasteiger partial charge on any atom is -0.0616 e. The van der Waals surface area contributed by atoms with Gasteiger partial charge in [0.2, 0.25) is 0 Å². The molecule has 0 saturated heterocycles. The molecule has 0 bridgehead atoms. The third-order valence-corrected chi connectivity index (χ3v) is 9.71. The Morgan fingerprint density at radius 3 is 1.36 bits per heavy atom. The first kappa shape index (κ1) is 23.8. The van der Waals surface area contributed by atoms with Crippen LogP contribution in [0.2, 0.25) is 0 Å². The maximum Gasteiger partial charge on any atom is -0.00928 e. The minimum atomic E-state index is 1.25. The summed E-state index contributed by atoms with van der Waals surface area (Å²) < 4.78 is 0. The molecule has 0 aliphatic carbocycles. The molecule has 0 N–H and O–H groups in total. The monoisotopic (exact) mass is 554 g/mol. The molecule has 10 aromatic rings. The molecule has 202 valence electrons. The van der Waals surface area contributed by atoms with Crippen molar-refractivity contribution in [1.82, 2.24) is 0 Å². The van der Waals surface area contributed by atoms with E-state index in [1.807, 2.05) is 0 Å².